The van der Waals surface area contributed by atoms with Crippen molar-refractivity contribution in [2.24, 2.45) is 10.9 Å². The van der Waals surface area contributed by atoms with Crippen LogP contribution in [0.25, 0.3) is 0 Å². The van der Waals surface area contributed by atoms with Crippen molar-refractivity contribution in [1.29, 1.82) is 0 Å². The summed E-state index contributed by atoms with van der Waals surface area (Å²) >= 11 is 0. The van der Waals surface area contributed by atoms with E-state index in [1.807, 2.05) is 18.3 Å². The van der Waals surface area contributed by atoms with Gasteiger partial charge >= 0.3 is 0 Å². The Labute approximate surface area is 100 Å². The molecule has 17 heavy (non-hydrogen) atoms. The lowest BCUT2D eigenvalue weighted by molar-refractivity contribution is 0.174. The van der Waals surface area contributed by atoms with Gasteiger partial charge in [-0.3, -0.25) is 4.99 Å². The summed E-state index contributed by atoms with van der Waals surface area (Å²) in [6.45, 7) is 0.329. The molecule has 2 aliphatic heterocycles. The Balaban J connectivity index is 1.77. The summed E-state index contributed by atoms with van der Waals surface area (Å²) < 4.78 is 10.7. The van der Waals surface area contributed by atoms with E-state index in [2.05, 4.69) is 29.3 Å². The first-order chi connectivity index (χ1) is 8.42. The summed E-state index contributed by atoms with van der Waals surface area (Å²) in [6, 6.07) is 6.11. The lowest BCUT2D eigenvalue weighted by atomic mass is 9.98. The molecule has 1 unspecified atom stereocenters. The van der Waals surface area contributed by atoms with Crippen molar-refractivity contribution in [3.63, 3.8) is 0 Å². The predicted molar refractivity (Wildman–Crippen MR) is 66.5 cm³/mol. The van der Waals surface area contributed by atoms with Gasteiger partial charge in [-0.1, -0.05) is 18.2 Å². The maximum absolute atomic E-state index is 5.37. The summed E-state index contributed by atoms with van der Waals surface area (Å²) in [5.74, 6) is 2.07. The van der Waals surface area contributed by atoms with Crippen LogP contribution in [0.1, 0.15) is 5.56 Å². The summed E-state index contributed by atoms with van der Waals surface area (Å²) in [6.07, 6.45) is 10.8. The molecule has 1 aromatic rings. The first kappa shape index (κ1) is 10.1. The van der Waals surface area contributed by atoms with Gasteiger partial charge in [-0.05, 0) is 30.2 Å². The van der Waals surface area contributed by atoms with Gasteiger partial charge in [0.2, 0.25) is 6.79 Å². The van der Waals surface area contributed by atoms with Crippen LogP contribution in [-0.2, 0) is 6.42 Å². The van der Waals surface area contributed by atoms with E-state index >= 15 is 0 Å². The van der Waals surface area contributed by atoms with Crippen LogP contribution in [-0.4, -0.2) is 13.0 Å². The van der Waals surface area contributed by atoms with Crippen molar-refractivity contribution in [3.05, 3.63) is 48.2 Å². The zero-order valence-electron chi connectivity index (χ0n) is 9.37. The molecule has 0 bridgehead atoms. The molecule has 0 radical (unpaired) electrons. The molecule has 2 aliphatic rings. The SMILES string of the molecule is C1=CC(Cc2ccc3c(c2)OCO3)C=CN=C1. The van der Waals surface area contributed by atoms with E-state index < -0.39 is 0 Å². The number of ether oxygens (including phenoxy) is 2. The molecule has 3 rings (SSSR count). The molecule has 0 aromatic heterocycles. The van der Waals surface area contributed by atoms with Gasteiger partial charge < -0.3 is 9.47 Å². The van der Waals surface area contributed by atoms with Crippen LogP contribution in [0.2, 0.25) is 0 Å². The topological polar surface area (TPSA) is 30.8 Å². The number of allylic oxidation sites excluding steroid dienone is 3. The largest absolute Gasteiger partial charge is 0.454 e. The van der Waals surface area contributed by atoms with Crippen molar-refractivity contribution in [2.75, 3.05) is 6.79 Å². The van der Waals surface area contributed by atoms with Crippen LogP contribution in [0.15, 0.2) is 47.6 Å². The Bertz CT molecular complexity index is 487. The molecule has 0 saturated heterocycles. The smallest absolute Gasteiger partial charge is 0.231 e. The number of nitrogens with zero attached hydrogens (tertiary/aromatic N) is 1. The van der Waals surface area contributed by atoms with Crippen LogP contribution in [0.5, 0.6) is 11.5 Å². The van der Waals surface area contributed by atoms with Crippen molar-refractivity contribution in [3.8, 4) is 11.5 Å². The Hall–Kier alpha value is -2.03. The van der Waals surface area contributed by atoms with E-state index in [1.54, 1.807) is 6.21 Å². The molecule has 1 atom stereocenters. The average Bonchev–Trinajstić information content (AvgIpc) is 2.65. The third-order valence-electron chi connectivity index (χ3n) is 2.86. The fraction of sp³-hybridized carbons (Fsp3) is 0.214. The fourth-order valence-electron chi connectivity index (χ4n) is 1.99. The summed E-state index contributed by atoms with van der Waals surface area (Å²) in [5.41, 5.74) is 1.25. The highest BCUT2D eigenvalue weighted by molar-refractivity contribution is 5.72. The minimum absolute atomic E-state index is 0.329. The highest BCUT2D eigenvalue weighted by atomic mass is 16.7. The van der Waals surface area contributed by atoms with E-state index in [0.717, 1.165) is 17.9 Å². The van der Waals surface area contributed by atoms with Crippen LogP contribution in [0.3, 0.4) is 0 Å². The monoisotopic (exact) mass is 227 g/mol. The third kappa shape index (κ3) is 2.23. The normalized spacial score (nSPS) is 20.6. The first-order valence-electron chi connectivity index (χ1n) is 5.67. The summed E-state index contributed by atoms with van der Waals surface area (Å²) in [7, 11) is 0. The summed E-state index contributed by atoms with van der Waals surface area (Å²) in [5, 5.41) is 0. The molecular weight excluding hydrogens is 214 g/mol. The standard InChI is InChI=1S/C14H13NO2/c1-2-11(5-7-15-6-1)8-12-3-4-13-14(9-12)17-10-16-13/h1-7,9,11H,8,10H2. The molecule has 86 valence electrons. The van der Waals surface area contributed by atoms with E-state index in [-0.39, 0.29) is 0 Å². The lowest BCUT2D eigenvalue weighted by Crippen LogP contribution is -1.97. The molecule has 0 saturated carbocycles. The Morgan fingerprint density at radius 3 is 3.12 bits per heavy atom. The van der Waals surface area contributed by atoms with Gasteiger partial charge in [0.25, 0.3) is 0 Å². The van der Waals surface area contributed by atoms with Gasteiger partial charge in [-0.15, -0.1) is 0 Å². The number of hydrogen-bond donors (Lipinski definition) is 0. The molecule has 0 aliphatic carbocycles. The molecule has 1 aromatic carbocycles. The predicted octanol–water partition coefficient (Wildman–Crippen LogP) is 2.73. The van der Waals surface area contributed by atoms with Crippen LogP contribution in [0, 0.1) is 5.92 Å². The highest BCUT2D eigenvalue weighted by Crippen LogP contribution is 2.33. The van der Waals surface area contributed by atoms with Crippen molar-refractivity contribution < 1.29 is 9.47 Å². The lowest BCUT2D eigenvalue weighted by Gasteiger charge is -2.07. The fourth-order valence-corrected chi connectivity index (χ4v) is 1.99. The Morgan fingerprint density at radius 1 is 1.18 bits per heavy atom. The second-order valence-electron chi connectivity index (χ2n) is 4.08. The van der Waals surface area contributed by atoms with Gasteiger partial charge in [0.1, 0.15) is 0 Å². The zero-order chi connectivity index (χ0) is 11.5. The third-order valence-corrected chi connectivity index (χ3v) is 2.86. The van der Waals surface area contributed by atoms with Gasteiger partial charge in [-0.25, -0.2) is 0 Å². The van der Waals surface area contributed by atoms with Gasteiger partial charge in [0.15, 0.2) is 11.5 Å². The second-order valence-corrected chi connectivity index (χ2v) is 4.08. The highest BCUT2D eigenvalue weighted by Gasteiger charge is 2.14. The van der Waals surface area contributed by atoms with Gasteiger partial charge in [-0.2, -0.15) is 0 Å². The number of rotatable bonds is 2. The number of hydrogen-bond acceptors (Lipinski definition) is 3. The molecule has 0 N–H and O–H groups in total. The van der Waals surface area contributed by atoms with Gasteiger partial charge in [0.05, 0.1) is 0 Å². The molecule has 3 nitrogen and oxygen atoms in total. The molecule has 0 amide bonds. The first-order valence-corrected chi connectivity index (χ1v) is 5.67. The quantitative estimate of drug-likeness (QED) is 0.777. The van der Waals surface area contributed by atoms with E-state index in [1.165, 1.54) is 5.56 Å². The minimum Gasteiger partial charge on any atom is -0.454 e. The maximum Gasteiger partial charge on any atom is 0.231 e. The van der Waals surface area contributed by atoms with Gasteiger partial charge in [0, 0.05) is 18.3 Å². The number of benzene rings is 1. The van der Waals surface area contributed by atoms with Crippen LogP contribution >= 0.6 is 0 Å². The molecular formula is C14H13NO2. The number of aliphatic imine (C=N–C) groups is 1. The number of fused-ring (bicyclic) bond motifs is 1. The van der Waals surface area contributed by atoms with Crippen molar-refractivity contribution >= 4 is 6.21 Å². The van der Waals surface area contributed by atoms with E-state index in [9.17, 15) is 0 Å². The zero-order valence-corrected chi connectivity index (χ0v) is 9.37. The molecule has 3 heteroatoms. The molecule has 0 spiro atoms. The van der Waals surface area contributed by atoms with E-state index in [0.29, 0.717) is 12.7 Å². The second kappa shape index (κ2) is 4.45. The minimum atomic E-state index is 0.329. The van der Waals surface area contributed by atoms with Crippen LogP contribution < -0.4 is 9.47 Å². The van der Waals surface area contributed by atoms with E-state index in [4.69, 9.17) is 9.47 Å². The summed E-state index contributed by atoms with van der Waals surface area (Å²) in [4.78, 5) is 4.08. The Morgan fingerprint density at radius 2 is 2.12 bits per heavy atom. The van der Waals surface area contributed by atoms with Crippen molar-refractivity contribution in [2.45, 2.75) is 6.42 Å². The van der Waals surface area contributed by atoms with Crippen molar-refractivity contribution in [1.82, 2.24) is 0 Å². The molecule has 0 fully saturated rings. The Kier molecular flexibility index (Phi) is 2.66. The average molecular weight is 227 g/mol. The maximum atomic E-state index is 5.37. The molecule has 2 heterocycles. The van der Waals surface area contributed by atoms with Crippen LogP contribution in [0.4, 0.5) is 0 Å².